The number of pyridine rings is 1. The Morgan fingerprint density at radius 2 is 1.83 bits per heavy atom. The summed E-state index contributed by atoms with van der Waals surface area (Å²) < 4.78 is 18.9. The molecule has 2 aromatic carbocycles. The molecule has 3 rings (SSSR count). The maximum atomic E-state index is 14.1. The molecule has 1 aromatic heterocycles. The van der Waals surface area contributed by atoms with E-state index < -0.39 is 5.97 Å². The van der Waals surface area contributed by atoms with E-state index in [4.69, 9.17) is 16.3 Å². The standard InChI is InChI=1S/C17H11ClFNO2.C2H6/c1-22-17(21)10-2-5-16-14(8-10)12(6-7-20-16)13-9-11(18)3-4-15(13)19;1-2/h2-9H,1H3;1-2H3. The lowest BCUT2D eigenvalue weighted by Crippen LogP contribution is -2.01. The maximum Gasteiger partial charge on any atom is 0.337 e. The first-order chi connectivity index (χ1) is 11.6. The fraction of sp³-hybridized carbons (Fsp3) is 0.158. The smallest absolute Gasteiger partial charge is 0.337 e. The van der Waals surface area contributed by atoms with Crippen LogP contribution in [0.15, 0.2) is 48.7 Å². The highest BCUT2D eigenvalue weighted by Crippen LogP contribution is 2.31. The quantitative estimate of drug-likeness (QED) is 0.575. The first kappa shape index (κ1) is 17.9. The zero-order valence-electron chi connectivity index (χ0n) is 13.6. The highest BCUT2D eigenvalue weighted by atomic mass is 35.5. The normalized spacial score (nSPS) is 10.0. The van der Waals surface area contributed by atoms with Crippen LogP contribution in [0.5, 0.6) is 0 Å². The third-order valence-electron chi connectivity index (χ3n) is 3.38. The van der Waals surface area contributed by atoms with Crippen LogP contribution in [-0.4, -0.2) is 18.1 Å². The van der Waals surface area contributed by atoms with Gasteiger partial charge in [-0.05, 0) is 48.0 Å². The number of ether oxygens (including phenoxy) is 1. The van der Waals surface area contributed by atoms with Crippen molar-refractivity contribution in [1.29, 1.82) is 0 Å². The summed E-state index contributed by atoms with van der Waals surface area (Å²) in [7, 11) is 1.31. The lowest BCUT2D eigenvalue weighted by atomic mass is 9.99. The number of aromatic nitrogens is 1. The molecule has 0 amide bonds. The molecular formula is C19H17ClFNO2. The topological polar surface area (TPSA) is 39.2 Å². The van der Waals surface area contributed by atoms with E-state index in [0.29, 0.717) is 32.6 Å². The predicted molar refractivity (Wildman–Crippen MR) is 94.8 cm³/mol. The molecule has 5 heteroatoms. The predicted octanol–water partition coefficient (Wildman–Crippen LogP) is 5.51. The number of hydrogen-bond acceptors (Lipinski definition) is 3. The second-order valence-electron chi connectivity index (χ2n) is 4.71. The monoisotopic (exact) mass is 345 g/mol. The van der Waals surface area contributed by atoms with Crippen LogP contribution in [0.2, 0.25) is 5.02 Å². The Balaban J connectivity index is 0.00000100. The molecule has 24 heavy (non-hydrogen) atoms. The van der Waals surface area contributed by atoms with Gasteiger partial charge in [-0.2, -0.15) is 0 Å². The number of benzene rings is 2. The molecule has 0 fully saturated rings. The molecule has 0 saturated carbocycles. The van der Waals surface area contributed by atoms with E-state index in [9.17, 15) is 9.18 Å². The molecule has 0 bridgehead atoms. The molecule has 0 saturated heterocycles. The molecule has 0 aliphatic rings. The summed E-state index contributed by atoms with van der Waals surface area (Å²) >= 11 is 5.97. The molecule has 1 heterocycles. The van der Waals surface area contributed by atoms with E-state index in [1.165, 1.54) is 19.2 Å². The third-order valence-corrected chi connectivity index (χ3v) is 3.62. The first-order valence-corrected chi connectivity index (χ1v) is 7.90. The van der Waals surface area contributed by atoms with Crippen LogP contribution in [0.1, 0.15) is 24.2 Å². The van der Waals surface area contributed by atoms with Crippen LogP contribution < -0.4 is 0 Å². The summed E-state index contributed by atoms with van der Waals surface area (Å²) in [6.45, 7) is 4.00. The zero-order chi connectivity index (χ0) is 17.7. The summed E-state index contributed by atoms with van der Waals surface area (Å²) in [6.07, 6.45) is 1.59. The minimum absolute atomic E-state index is 0.363. The molecular weight excluding hydrogens is 329 g/mol. The van der Waals surface area contributed by atoms with Gasteiger partial charge in [0.05, 0.1) is 18.2 Å². The van der Waals surface area contributed by atoms with Gasteiger partial charge in [-0.1, -0.05) is 25.4 Å². The zero-order valence-corrected chi connectivity index (χ0v) is 14.4. The van der Waals surface area contributed by atoms with E-state index in [1.807, 2.05) is 13.8 Å². The molecule has 0 radical (unpaired) electrons. The second kappa shape index (κ2) is 7.88. The molecule has 0 N–H and O–H groups in total. The highest BCUT2D eigenvalue weighted by molar-refractivity contribution is 6.30. The fourth-order valence-corrected chi connectivity index (χ4v) is 2.50. The van der Waals surface area contributed by atoms with Gasteiger partial charge in [0, 0.05) is 22.2 Å². The third kappa shape index (κ3) is 3.54. The minimum atomic E-state index is -0.455. The molecule has 0 atom stereocenters. The van der Waals surface area contributed by atoms with E-state index >= 15 is 0 Å². The highest BCUT2D eigenvalue weighted by Gasteiger charge is 2.13. The summed E-state index contributed by atoms with van der Waals surface area (Å²) in [6, 6.07) is 11.0. The van der Waals surface area contributed by atoms with Crippen molar-refractivity contribution in [2.75, 3.05) is 7.11 Å². The van der Waals surface area contributed by atoms with Gasteiger partial charge >= 0.3 is 5.97 Å². The van der Waals surface area contributed by atoms with E-state index in [-0.39, 0.29) is 5.82 Å². The number of carbonyl (C=O) groups is 1. The Bertz CT molecular complexity index is 880. The van der Waals surface area contributed by atoms with Crippen molar-refractivity contribution in [3.8, 4) is 11.1 Å². The van der Waals surface area contributed by atoms with Gasteiger partial charge in [0.15, 0.2) is 0 Å². The molecule has 0 aliphatic carbocycles. The van der Waals surface area contributed by atoms with Gasteiger partial charge in [0.1, 0.15) is 5.82 Å². The largest absolute Gasteiger partial charge is 0.465 e. The number of carbonyl (C=O) groups excluding carboxylic acids is 1. The summed E-state index contributed by atoms with van der Waals surface area (Å²) in [4.78, 5) is 15.9. The Hall–Kier alpha value is -2.46. The molecule has 0 aliphatic heterocycles. The number of esters is 1. The Morgan fingerprint density at radius 1 is 1.08 bits per heavy atom. The van der Waals surface area contributed by atoms with Gasteiger partial charge in [-0.15, -0.1) is 0 Å². The van der Waals surface area contributed by atoms with E-state index in [0.717, 1.165) is 0 Å². The Morgan fingerprint density at radius 3 is 2.54 bits per heavy atom. The Kier molecular flexibility index (Phi) is 5.88. The van der Waals surface area contributed by atoms with Crippen molar-refractivity contribution in [3.05, 3.63) is 65.1 Å². The SMILES string of the molecule is CC.COC(=O)c1ccc2nccc(-c3cc(Cl)ccc3F)c2c1. The average Bonchev–Trinajstić information content (AvgIpc) is 2.64. The van der Waals surface area contributed by atoms with E-state index in [1.54, 1.807) is 36.5 Å². The average molecular weight is 346 g/mol. The number of methoxy groups -OCH3 is 1. The van der Waals surface area contributed by atoms with Gasteiger partial charge in [-0.25, -0.2) is 9.18 Å². The van der Waals surface area contributed by atoms with Crippen molar-refractivity contribution >= 4 is 28.5 Å². The maximum absolute atomic E-state index is 14.1. The lowest BCUT2D eigenvalue weighted by Gasteiger charge is -2.09. The number of hydrogen-bond donors (Lipinski definition) is 0. The summed E-state index contributed by atoms with van der Waals surface area (Å²) in [5.41, 5.74) is 2.02. The number of nitrogens with zero attached hydrogens (tertiary/aromatic N) is 1. The van der Waals surface area contributed by atoms with Crippen LogP contribution in [0.4, 0.5) is 4.39 Å². The molecule has 0 spiro atoms. The van der Waals surface area contributed by atoms with E-state index in [2.05, 4.69) is 4.98 Å². The lowest BCUT2D eigenvalue weighted by molar-refractivity contribution is 0.0601. The molecule has 3 nitrogen and oxygen atoms in total. The number of halogens is 2. The number of fused-ring (bicyclic) bond motifs is 1. The second-order valence-corrected chi connectivity index (χ2v) is 5.14. The minimum Gasteiger partial charge on any atom is -0.465 e. The van der Waals surface area contributed by atoms with Crippen molar-refractivity contribution in [2.45, 2.75) is 13.8 Å². The van der Waals surface area contributed by atoms with Crippen molar-refractivity contribution < 1.29 is 13.9 Å². The first-order valence-electron chi connectivity index (χ1n) is 7.52. The number of rotatable bonds is 2. The molecule has 3 aromatic rings. The van der Waals surface area contributed by atoms with Crippen molar-refractivity contribution in [3.63, 3.8) is 0 Å². The molecule has 0 unspecified atom stereocenters. The van der Waals surface area contributed by atoms with Gasteiger partial charge in [0.25, 0.3) is 0 Å². The van der Waals surface area contributed by atoms with Crippen LogP contribution in [0, 0.1) is 5.82 Å². The van der Waals surface area contributed by atoms with Gasteiger partial charge in [-0.3, -0.25) is 4.98 Å². The van der Waals surface area contributed by atoms with Crippen LogP contribution in [-0.2, 0) is 4.74 Å². The Labute approximate surface area is 145 Å². The van der Waals surface area contributed by atoms with Gasteiger partial charge in [0.2, 0.25) is 0 Å². The molecule has 124 valence electrons. The summed E-state index contributed by atoms with van der Waals surface area (Å²) in [5.74, 6) is -0.844. The fourth-order valence-electron chi connectivity index (χ4n) is 2.33. The summed E-state index contributed by atoms with van der Waals surface area (Å²) in [5, 5.41) is 1.09. The van der Waals surface area contributed by atoms with Crippen LogP contribution in [0.3, 0.4) is 0 Å². The van der Waals surface area contributed by atoms with Crippen molar-refractivity contribution in [2.24, 2.45) is 0 Å². The van der Waals surface area contributed by atoms with Crippen LogP contribution >= 0.6 is 11.6 Å². The van der Waals surface area contributed by atoms with Gasteiger partial charge < -0.3 is 4.74 Å². The van der Waals surface area contributed by atoms with Crippen molar-refractivity contribution in [1.82, 2.24) is 4.98 Å². The van der Waals surface area contributed by atoms with Crippen LogP contribution in [0.25, 0.3) is 22.0 Å².